The van der Waals surface area contributed by atoms with E-state index in [1.807, 2.05) is 17.0 Å². The fourth-order valence-electron chi connectivity index (χ4n) is 6.13. The number of hydrogen-bond acceptors (Lipinski definition) is 9. The molecule has 1 aromatic carbocycles. The van der Waals surface area contributed by atoms with E-state index < -0.39 is 17.8 Å². The highest BCUT2D eigenvalue weighted by molar-refractivity contribution is 7.99. The van der Waals surface area contributed by atoms with Gasteiger partial charge < -0.3 is 26.4 Å². The number of carbonyl (C=O) groups is 1. The van der Waals surface area contributed by atoms with E-state index in [4.69, 9.17) is 16.2 Å². The number of primary amides is 1. The number of methoxy groups -OCH3 is 1. The molecule has 2 aromatic heterocycles. The number of nitrogens with zero attached hydrogens (tertiary/aromatic N) is 4. The molecule has 1 amide bonds. The Balaban J connectivity index is 1.32. The first-order valence-electron chi connectivity index (χ1n) is 13.8. The van der Waals surface area contributed by atoms with E-state index in [1.54, 1.807) is 7.11 Å². The minimum atomic E-state index is -4.67. The molecule has 1 saturated carbocycles. The Morgan fingerprint density at radius 2 is 1.88 bits per heavy atom. The maximum atomic E-state index is 13.5. The van der Waals surface area contributed by atoms with Gasteiger partial charge in [0.15, 0.2) is 23.0 Å². The van der Waals surface area contributed by atoms with E-state index >= 15 is 0 Å². The van der Waals surface area contributed by atoms with Gasteiger partial charge in [-0.1, -0.05) is 30.3 Å². The van der Waals surface area contributed by atoms with Gasteiger partial charge in [0.05, 0.1) is 7.11 Å². The number of nitrogens with one attached hydrogen (secondary N) is 1. The molecular weight excluding hydrogens is 567 g/mol. The minimum Gasteiger partial charge on any atom is -0.497 e. The van der Waals surface area contributed by atoms with Gasteiger partial charge >= 0.3 is 6.18 Å². The topological polar surface area (TPSA) is 132 Å². The monoisotopic (exact) mass is 601 g/mol. The number of carbonyl (C=O) groups excluding carboxylic acids is 1. The molecule has 0 unspecified atom stereocenters. The first-order valence-corrected chi connectivity index (χ1v) is 14.6. The summed E-state index contributed by atoms with van der Waals surface area (Å²) in [6, 6.07) is 11.3. The molecule has 2 aliphatic rings. The van der Waals surface area contributed by atoms with E-state index in [-0.39, 0.29) is 38.7 Å². The van der Waals surface area contributed by atoms with Crippen LogP contribution in [0, 0.1) is 5.41 Å². The molecule has 3 heterocycles. The number of nitrogen functional groups attached to an aromatic ring is 1. The molecule has 42 heavy (non-hydrogen) atoms. The predicted octanol–water partition coefficient (Wildman–Crippen LogP) is 5.22. The summed E-state index contributed by atoms with van der Waals surface area (Å²) in [7, 11) is 1.65. The molecule has 224 valence electrons. The van der Waals surface area contributed by atoms with Gasteiger partial charge in [-0.15, -0.1) is 0 Å². The van der Waals surface area contributed by atoms with Crippen LogP contribution >= 0.6 is 11.8 Å². The van der Waals surface area contributed by atoms with Crippen molar-refractivity contribution in [1.82, 2.24) is 20.3 Å². The van der Waals surface area contributed by atoms with Crippen LogP contribution in [0.3, 0.4) is 0 Å². The van der Waals surface area contributed by atoms with Crippen LogP contribution in [-0.2, 0) is 6.18 Å². The average molecular weight is 602 g/mol. The van der Waals surface area contributed by atoms with Crippen LogP contribution in [0.15, 0.2) is 52.5 Å². The van der Waals surface area contributed by atoms with Gasteiger partial charge in [0.1, 0.15) is 10.8 Å². The lowest BCUT2D eigenvalue weighted by Gasteiger charge is -2.44. The molecular formula is C29H34F3N7O2S. The molecule has 3 aromatic rings. The normalized spacial score (nSPS) is 19.2. The molecule has 1 saturated heterocycles. The molecule has 1 spiro atoms. The second kappa shape index (κ2) is 12.0. The van der Waals surface area contributed by atoms with Crippen molar-refractivity contribution in [2.45, 2.75) is 67.2 Å². The highest BCUT2D eigenvalue weighted by Gasteiger charge is 2.45. The number of amides is 1. The first kappa shape index (κ1) is 29.9. The van der Waals surface area contributed by atoms with Gasteiger partial charge in [0.2, 0.25) is 0 Å². The van der Waals surface area contributed by atoms with Crippen molar-refractivity contribution in [3.8, 4) is 5.75 Å². The van der Waals surface area contributed by atoms with Gasteiger partial charge in [0, 0.05) is 36.3 Å². The van der Waals surface area contributed by atoms with E-state index in [0.29, 0.717) is 30.9 Å². The second-order valence-corrected chi connectivity index (χ2v) is 11.9. The number of benzene rings is 1. The number of aromatic nitrogens is 3. The number of halogens is 3. The molecule has 2 atom stereocenters. The number of anilines is 2. The summed E-state index contributed by atoms with van der Waals surface area (Å²) in [6.07, 6.45) is 1.47. The van der Waals surface area contributed by atoms with Crippen molar-refractivity contribution < 1.29 is 22.7 Å². The lowest BCUT2D eigenvalue weighted by Crippen LogP contribution is -2.49. The number of piperidine rings is 1. The largest absolute Gasteiger partial charge is 0.497 e. The summed E-state index contributed by atoms with van der Waals surface area (Å²) in [4.78, 5) is 26.4. The van der Waals surface area contributed by atoms with Crippen molar-refractivity contribution in [2.75, 3.05) is 30.8 Å². The van der Waals surface area contributed by atoms with Gasteiger partial charge in [0.25, 0.3) is 5.91 Å². The fourth-order valence-corrected chi connectivity index (χ4v) is 7.03. The van der Waals surface area contributed by atoms with Crippen molar-refractivity contribution >= 4 is 29.3 Å². The van der Waals surface area contributed by atoms with Crippen LogP contribution in [-0.4, -0.2) is 47.1 Å². The molecule has 13 heteroatoms. The summed E-state index contributed by atoms with van der Waals surface area (Å²) < 4.78 is 45.7. The van der Waals surface area contributed by atoms with Crippen LogP contribution in [0.1, 0.15) is 66.8 Å². The summed E-state index contributed by atoms with van der Waals surface area (Å²) in [6.45, 7) is 3.41. The molecule has 5 rings (SSSR count). The van der Waals surface area contributed by atoms with Crippen molar-refractivity contribution in [1.29, 1.82) is 0 Å². The zero-order valence-corrected chi connectivity index (χ0v) is 24.3. The van der Waals surface area contributed by atoms with Crippen LogP contribution in [0.4, 0.5) is 24.8 Å². The van der Waals surface area contributed by atoms with Crippen LogP contribution in [0.2, 0.25) is 0 Å². The van der Waals surface area contributed by atoms with E-state index in [1.165, 1.54) is 17.7 Å². The number of ether oxygens (including phenoxy) is 1. The SMILES string of the molecule is COc1ccc([C@@H](C)N[C@H]2CCCC23CCN(c2nc(N)c(Sc4cccnc4C(F)(F)F)nc2C(N)=O)CC3)cc1. The highest BCUT2D eigenvalue weighted by Crippen LogP contribution is 2.48. The van der Waals surface area contributed by atoms with E-state index in [0.717, 1.165) is 44.1 Å². The van der Waals surface area contributed by atoms with Gasteiger partial charge in [-0.25, -0.2) is 9.97 Å². The number of rotatable bonds is 8. The molecule has 0 radical (unpaired) electrons. The van der Waals surface area contributed by atoms with Crippen molar-refractivity contribution in [3.63, 3.8) is 0 Å². The Morgan fingerprint density at radius 3 is 2.52 bits per heavy atom. The zero-order chi connectivity index (χ0) is 30.1. The summed E-state index contributed by atoms with van der Waals surface area (Å²) >= 11 is 0.653. The van der Waals surface area contributed by atoms with E-state index in [9.17, 15) is 18.0 Å². The molecule has 1 aliphatic carbocycles. The van der Waals surface area contributed by atoms with Crippen molar-refractivity contribution in [2.24, 2.45) is 11.1 Å². The Bertz CT molecular complexity index is 1430. The zero-order valence-electron chi connectivity index (χ0n) is 23.4. The third-order valence-electron chi connectivity index (χ3n) is 8.38. The molecule has 2 fully saturated rings. The van der Waals surface area contributed by atoms with Crippen LogP contribution in [0.25, 0.3) is 0 Å². The van der Waals surface area contributed by atoms with Crippen molar-refractivity contribution in [3.05, 3.63) is 59.5 Å². The Hall–Kier alpha value is -3.58. The number of hydrogen-bond donors (Lipinski definition) is 3. The number of nitrogens with two attached hydrogens (primary N) is 2. The van der Waals surface area contributed by atoms with Gasteiger partial charge in [-0.3, -0.25) is 9.78 Å². The molecule has 5 N–H and O–H groups in total. The number of alkyl halides is 3. The van der Waals surface area contributed by atoms with Crippen LogP contribution in [0.5, 0.6) is 5.75 Å². The lowest BCUT2D eigenvalue weighted by atomic mass is 9.73. The highest BCUT2D eigenvalue weighted by atomic mass is 32.2. The molecule has 0 bridgehead atoms. The Labute approximate surface area is 246 Å². The summed E-state index contributed by atoms with van der Waals surface area (Å²) in [5.74, 6) is 0.182. The Morgan fingerprint density at radius 1 is 1.17 bits per heavy atom. The minimum absolute atomic E-state index is 0.0351. The fraction of sp³-hybridized carbons (Fsp3) is 0.448. The number of pyridine rings is 1. The predicted molar refractivity (Wildman–Crippen MR) is 154 cm³/mol. The standard InChI is InChI=1S/C29H34F3N7O2S/c1-17(18-7-9-19(41-2)10-8-18)36-21-6-3-11-28(21)12-15-39(16-13-28)26-22(25(34)40)37-27(24(33)38-26)42-20-5-4-14-35-23(20)29(30,31)32/h4-5,7-10,14,17,21,36H,3,6,11-13,15-16H2,1-2H3,(H2,33,38)(H2,34,40)/t17-,21+/m1/s1. The summed E-state index contributed by atoms with van der Waals surface area (Å²) in [5.41, 5.74) is 12.0. The maximum Gasteiger partial charge on any atom is 0.434 e. The molecule has 9 nitrogen and oxygen atoms in total. The van der Waals surface area contributed by atoms with Crippen LogP contribution < -0.4 is 26.4 Å². The second-order valence-electron chi connectivity index (χ2n) is 10.9. The van der Waals surface area contributed by atoms with Gasteiger partial charge in [-0.05, 0) is 67.9 Å². The smallest absolute Gasteiger partial charge is 0.434 e. The first-order chi connectivity index (χ1) is 20.0. The average Bonchev–Trinajstić information content (AvgIpc) is 3.34. The quantitative estimate of drug-likeness (QED) is 0.318. The summed E-state index contributed by atoms with van der Waals surface area (Å²) in [5, 5.41) is 3.83. The lowest BCUT2D eigenvalue weighted by molar-refractivity contribution is -0.143. The molecule has 1 aliphatic heterocycles. The third-order valence-corrected chi connectivity index (χ3v) is 9.43. The Kier molecular flexibility index (Phi) is 8.51. The third kappa shape index (κ3) is 6.12. The van der Waals surface area contributed by atoms with E-state index in [2.05, 4.69) is 39.3 Å². The van der Waals surface area contributed by atoms with Gasteiger partial charge in [-0.2, -0.15) is 13.2 Å². The maximum absolute atomic E-state index is 13.5.